The minimum Gasteiger partial charge on any atom is -0.131 e. The van der Waals surface area contributed by atoms with Gasteiger partial charge in [0.05, 0.1) is 17.4 Å². The summed E-state index contributed by atoms with van der Waals surface area (Å²) in [4.78, 5) is 1.55. The number of rotatable bonds is 1. The number of nitrogens with zero attached hydrogens (tertiary/aromatic N) is 4. The molecule has 50 valence electrons. The van der Waals surface area contributed by atoms with Crippen LogP contribution in [0.25, 0.3) is 0 Å². The Hall–Kier alpha value is -0.580. The molecule has 0 unspecified atom stereocenters. The van der Waals surface area contributed by atoms with Crippen molar-refractivity contribution in [2.75, 3.05) is 6.26 Å². The van der Waals surface area contributed by atoms with Crippen LogP contribution < -0.4 is 4.68 Å². The molecule has 0 aliphatic carbocycles. The molecule has 0 radical (unpaired) electrons. The molecule has 1 rings (SSSR count). The Morgan fingerprint density at radius 3 is 2.56 bits per heavy atom. The van der Waals surface area contributed by atoms with Gasteiger partial charge in [0.1, 0.15) is 7.05 Å². The SMILES string of the molecule is CSc1nn(C)n[n+]1C. The molecule has 1 aromatic rings. The van der Waals surface area contributed by atoms with Crippen molar-refractivity contribution in [3.05, 3.63) is 0 Å². The van der Waals surface area contributed by atoms with E-state index < -0.39 is 0 Å². The Morgan fingerprint density at radius 1 is 1.67 bits per heavy atom. The summed E-state index contributed by atoms with van der Waals surface area (Å²) in [5, 5.41) is 8.97. The predicted octanol–water partition coefficient (Wildman–Crippen LogP) is -0.639. The van der Waals surface area contributed by atoms with Crippen LogP contribution in [0.1, 0.15) is 0 Å². The van der Waals surface area contributed by atoms with Crippen molar-refractivity contribution in [2.24, 2.45) is 14.1 Å². The van der Waals surface area contributed by atoms with E-state index in [1.807, 2.05) is 13.3 Å². The van der Waals surface area contributed by atoms with Crippen LogP contribution in [0.2, 0.25) is 0 Å². The molecule has 0 saturated carbocycles. The van der Waals surface area contributed by atoms with Crippen molar-refractivity contribution in [3.63, 3.8) is 0 Å². The Morgan fingerprint density at radius 2 is 2.33 bits per heavy atom. The molecule has 0 aliphatic heterocycles. The molecule has 0 spiro atoms. The molecule has 0 aromatic carbocycles. The van der Waals surface area contributed by atoms with Gasteiger partial charge in [-0.15, -0.1) is 4.68 Å². The fourth-order valence-electron chi connectivity index (χ4n) is 0.614. The highest BCUT2D eigenvalue weighted by atomic mass is 32.2. The Kier molecular flexibility index (Phi) is 1.70. The van der Waals surface area contributed by atoms with E-state index in [2.05, 4.69) is 10.3 Å². The molecule has 1 aromatic heterocycles. The van der Waals surface area contributed by atoms with E-state index in [4.69, 9.17) is 0 Å². The first-order chi connectivity index (χ1) is 4.24. The topological polar surface area (TPSA) is 34.6 Å². The van der Waals surface area contributed by atoms with Gasteiger partial charge in [0.2, 0.25) is 0 Å². The van der Waals surface area contributed by atoms with Crippen LogP contribution >= 0.6 is 11.8 Å². The van der Waals surface area contributed by atoms with E-state index in [1.165, 1.54) is 0 Å². The molecular weight excluding hydrogens is 136 g/mol. The number of hydrogen-bond acceptors (Lipinski definition) is 3. The summed E-state index contributed by atoms with van der Waals surface area (Å²) in [6, 6.07) is 0. The molecule has 0 saturated heterocycles. The average molecular weight is 145 g/mol. The van der Waals surface area contributed by atoms with Crippen LogP contribution in [0.4, 0.5) is 0 Å². The zero-order valence-corrected chi connectivity index (χ0v) is 6.51. The molecule has 0 amide bonds. The minimum absolute atomic E-state index is 0.928. The number of aryl methyl sites for hydroxylation is 2. The standard InChI is InChI=1S/C4H9N4S/c1-7-4(9-3)5-8(2)6-7/h1-3H3/q+1. The van der Waals surface area contributed by atoms with E-state index in [9.17, 15) is 0 Å². The summed E-state index contributed by atoms with van der Waals surface area (Å²) in [7, 11) is 3.68. The lowest BCUT2D eigenvalue weighted by Crippen LogP contribution is -2.32. The van der Waals surface area contributed by atoms with Gasteiger partial charge in [-0.25, -0.2) is 0 Å². The largest absolute Gasteiger partial charge is 0.357 e. The van der Waals surface area contributed by atoms with Crippen molar-refractivity contribution in [1.82, 2.24) is 15.1 Å². The van der Waals surface area contributed by atoms with Gasteiger partial charge in [0.25, 0.3) is 0 Å². The van der Waals surface area contributed by atoms with Gasteiger partial charge in [-0.1, -0.05) is 11.8 Å². The Labute approximate surface area is 57.8 Å². The maximum absolute atomic E-state index is 4.06. The van der Waals surface area contributed by atoms with Crippen LogP contribution in [0.5, 0.6) is 0 Å². The molecule has 1 heterocycles. The molecule has 4 nitrogen and oxygen atoms in total. The van der Waals surface area contributed by atoms with E-state index in [1.54, 1.807) is 28.3 Å². The minimum atomic E-state index is 0.928. The molecule has 0 N–H and O–H groups in total. The fraction of sp³-hybridized carbons (Fsp3) is 0.750. The smallest absolute Gasteiger partial charge is 0.131 e. The third kappa shape index (κ3) is 1.21. The van der Waals surface area contributed by atoms with Crippen molar-refractivity contribution < 1.29 is 4.68 Å². The highest BCUT2D eigenvalue weighted by molar-refractivity contribution is 7.98. The van der Waals surface area contributed by atoms with Gasteiger partial charge in [-0.3, -0.25) is 0 Å². The summed E-state index contributed by atoms with van der Waals surface area (Å²) < 4.78 is 1.74. The molecule has 0 bridgehead atoms. The van der Waals surface area contributed by atoms with Crippen LogP contribution in [0.3, 0.4) is 0 Å². The number of aromatic nitrogens is 4. The summed E-state index contributed by atoms with van der Waals surface area (Å²) in [6.45, 7) is 0. The first-order valence-corrected chi connectivity index (χ1v) is 3.78. The quantitative estimate of drug-likeness (QED) is 0.389. The van der Waals surface area contributed by atoms with Crippen molar-refractivity contribution in [2.45, 2.75) is 5.16 Å². The lowest BCUT2D eigenvalue weighted by molar-refractivity contribution is -0.767. The fourth-order valence-corrected chi connectivity index (χ4v) is 1.11. The highest BCUT2D eigenvalue weighted by Gasteiger charge is 2.09. The molecule has 5 heteroatoms. The number of tetrazole rings is 1. The van der Waals surface area contributed by atoms with E-state index >= 15 is 0 Å². The van der Waals surface area contributed by atoms with Gasteiger partial charge >= 0.3 is 5.16 Å². The Bertz CT molecular complexity index is 206. The lowest BCUT2D eigenvalue weighted by Gasteiger charge is -1.77. The molecule has 9 heavy (non-hydrogen) atoms. The molecular formula is C4H9N4S+. The molecule has 0 fully saturated rings. The second kappa shape index (κ2) is 2.34. The lowest BCUT2D eigenvalue weighted by atomic mass is 11.2. The van der Waals surface area contributed by atoms with E-state index in [0.29, 0.717) is 0 Å². The third-order valence-corrected chi connectivity index (χ3v) is 1.66. The summed E-state index contributed by atoms with van der Waals surface area (Å²) >= 11 is 1.58. The maximum Gasteiger partial charge on any atom is 0.357 e. The van der Waals surface area contributed by atoms with Crippen molar-refractivity contribution >= 4 is 11.8 Å². The van der Waals surface area contributed by atoms with Crippen LogP contribution in [0, 0.1) is 0 Å². The number of thioether (sulfide) groups is 1. The zero-order valence-electron chi connectivity index (χ0n) is 5.70. The summed E-state index contributed by atoms with van der Waals surface area (Å²) in [5.41, 5.74) is 0. The predicted molar refractivity (Wildman–Crippen MR) is 34.0 cm³/mol. The normalized spacial score (nSPS) is 10.1. The van der Waals surface area contributed by atoms with Gasteiger partial charge < -0.3 is 0 Å². The van der Waals surface area contributed by atoms with Crippen molar-refractivity contribution in [1.29, 1.82) is 0 Å². The summed E-state index contributed by atoms with van der Waals surface area (Å²) in [5.74, 6) is 0. The third-order valence-electron chi connectivity index (χ3n) is 0.953. The summed E-state index contributed by atoms with van der Waals surface area (Å²) in [6.07, 6.45) is 1.98. The van der Waals surface area contributed by atoms with E-state index in [-0.39, 0.29) is 0 Å². The average Bonchev–Trinajstić information content (AvgIpc) is 2.10. The van der Waals surface area contributed by atoms with Gasteiger partial charge in [0.15, 0.2) is 0 Å². The highest BCUT2D eigenvalue weighted by Crippen LogP contribution is 2.00. The van der Waals surface area contributed by atoms with Crippen molar-refractivity contribution in [3.8, 4) is 0 Å². The zero-order chi connectivity index (χ0) is 6.85. The van der Waals surface area contributed by atoms with Crippen LogP contribution in [-0.2, 0) is 14.1 Å². The molecule has 0 aliphatic rings. The Balaban J connectivity index is 3.01. The molecule has 0 atom stereocenters. The second-order valence-corrected chi connectivity index (χ2v) is 2.46. The van der Waals surface area contributed by atoms with Gasteiger partial charge in [0, 0.05) is 0 Å². The first kappa shape index (κ1) is 6.54. The monoisotopic (exact) mass is 145 g/mol. The van der Waals surface area contributed by atoms with Crippen LogP contribution in [0.15, 0.2) is 5.16 Å². The van der Waals surface area contributed by atoms with E-state index in [0.717, 1.165) is 5.16 Å². The number of hydrogen-bond donors (Lipinski definition) is 0. The maximum atomic E-state index is 4.06. The van der Waals surface area contributed by atoms with Crippen LogP contribution in [-0.4, -0.2) is 21.4 Å². The second-order valence-electron chi connectivity index (χ2n) is 1.69. The van der Waals surface area contributed by atoms with Gasteiger partial charge in [-0.05, 0) is 11.1 Å². The van der Waals surface area contributed by atoms with Gasteiger partial charge in [-0.2, -0.15) is 0 Å². The first-order valence-electron chi connectivity index (χ1n) is 2.55.